The number of benzene rings is 2. The van der Waals surface area contributed by atoms with Crippen LogP contribution in [0.2, 0.25) is 0 Å². The fraction of sp³-hybridized carbons (Fsp3) is 0.200. The highest BCUT2D eigenvalue weighted by atomic mass is 79.9. The topological polar surface area (TPSA) is 58.2 Å². The van der Waals surface area contributed by atoms with Crippen molar-refractivity contribution in [3.8, 4) is 0 Å². The average Bonchev–Trinajstić information content (AvgIpc) is 2.60. The number of amides is 2. The van der Waals surface area contributed by atoms with E-state index < -0.39 is 0 Å². The van der Waals surface area contributed by atoms with Crippen LogP contribution in [0.15, 0.2) is 59.1 Å². The van der Waals surface area contributed by atoms with Crippen molar-refractivity contribution in [3.63, 3.8) is 0 Å². The first-order valence-electron chi connectivity index (χ1n) is 8.06. The van der Waals surface area contributed by atoms with Crippen molar-refractivity contribution < 1.29 is 9.59 Å². The molecule has 0 bridgehead atoms. The van der Waals surface area contributed by atoms with E-state index in [2.05, 4.69) is 40.4 Å². The summed E-state index contributed by atoms with van der Waals surface area (Å²) in [5.74, 6) is -0.116. The molecule has 4 nitrogen and oxygen atoms in total. The minimum atomic E-state index is -0.310. The Hall–Kier alpha value is -2.40. The first-order chi connectivity index (χ1) is 12.0. The number of hydrogen-bond donors (Lipinski definition) is 2. The summed E-state index contributed by atoms with van der Waals surface area (Å²) in [5, 5.41) is 5.30. The molecule has 0 fully saturated rings. The van der Waals surface area contributed by atoms with Gasteiger partial charge in [-0.2, -0.15) is 0 Å². The van der Waals surface area contributed by atoms with E-state index in [1.807, 2.05) is 42.5 Å². The number of carbonyl (C=O) groups is 2. The third kappa shape index (κ3) is 6.19. The summed E-state index contributed by atoms with van der Waals surface area (Å²) < 4.78 is 0.791. The third-order valence-corrected chi connectivity index (χ3v) is 4.29. The van der Waals surface area contributed by atoms with E-state index in [4.69, 9.17) is 0 Å². The fourth-order valence-corrected chi connectivity index (χ4v) is 2.53. The summed E-state index contributed by atoms with van der Waals surface area (Å²) in [6.07, 6.45) is 3.15. The van der Waals surface area contributed by atoms with E-state index in [-0.39, 0.29) is 18.4 Å². The third-order valence-electron chi connectivity index (χ3n) is 3.60. The average molecular weight is 401 g/mol. The Morgan fingerprint density at radius 2 is 1.76 bits per heavy atom. The van der Waals surface area contributed by atoms with E-state index >= 15 is 0 Å². The molecule has 2 amide bonds. The summed E-state index contributed by atoms with van der Waals surface area (Å²) in [7, 11) is 0. The number of para-hydroxylation sites is 1. The zero-order chi connectivity index (χ0) is 18.2. The Labute approximate surface area is 156 Å². The van der Waals surface area contributed by atoms with Crippen molar-refractivity contribution in [1.29, 1.82) is 0 Å². The molecule has 5 heteroatoms. The lowest BCUT2D eigenvalue weighted by molar-refractivity contribution is -0.121. The van der Waals surface area contributed by atoms with E-state index in [0.29, 0.717) is 11.6 Å². The van der Waals surface area contributed by atoms with Crippen molar-refractivity contribution >= 4 is 39.5 Å². The number of nitrogens with one attached hydrogen (secondary N) is 2. The molecule has 25 heavy (non-hydrogen) atoms. The summed E-state index contributed by atoms with van der Waals surface area (Å²) >= 11 is 3.36. The number of carbonyl (C=O) groups excluding carboxylic acids is 2. The molecule has 0 aliphatic rings. The van der Waals surface area contributed by atoms with Gasteiger partial charge in [0.1, 0.15) is 0 Å². The largest absolute Gasteiger partial charge is 0.343 e. The Bertz CT molecular complexity index is 768. The SMILES string of the molecule is CC(C)c1ccc(/C=C/C(=O)NCC(=O)Nc2ccccc2Br)cc1. The zero-order valence-corrected chi connectivity index (χ0v) is 15.8. The van der Waals surface area contributed by atoms with Gasteiger partial charge in [-0.25, -0.2) is 0 Å². The van der Waals surface area contributed by atoms with Crippen molar-refractivity contribution in [2.45, 2.75) is 19.8 Å². The summed E-state index contributed by atoms with van der Waals surface area (Å²) in [5.41, 5.74) is 2.87. The predicted octanol–water partition coefficient (Wildman–Crippen LogP) is 4.34. The van der Waals surface area contributed by atoms with Gasteiger partial charge in [0.05, 0.1) is 12.2 Å². The molecule has 2 N–H and O–H groups in total. The highest BCUT2D eigenvalue weighted by Crippen LogP contribution is 2.20. The smallest absolute Gasteiger partial charge is 0.244 e. The van der Waals surface area contributed by atoms with Crippen molar-refractivity contribution in [2.24, 2.45) is 0 Å². The van der Waals surface area contributed by atoms with Gasteiger partial charge >= 0.3 is 0 Å². The molecular weight excluding hydrogens is 380 g/mol. The monoisotopic (exact) mass is 400 g/mol. The van der Waals surface area contributed by atoms with E-state index in [0.717, 1.165) is 10.0 Å². The minimum Gasteiger partial charge on any atom is -0.343 e. The summed E-state index contributed by atoms with van der Waals surface area (Å²) in [6.45, 7) is 4.19. The number of rotatable bonds is 6. The van der Waals surface area contributed by atoms with Gasteiger partial charge in [-0.05, 0) is 51.2 Å². The normalized spacial score (nSPS) is 10.9. The van der Waals surface area contributed by atoms with Gasteiger partial charge in [0.15, 0.2) is 0 Å². The second-order valence-corrected chi connectivity index (χ2v) is 6.75. The summed E-state index contributed by atoms with van der Waals surface area (Å²) in [6, 6.07) is 15.3. The molecule has 0 radical (unpaired) electrons. The zero-order valence-electron chi connectivity index (χ0n) is 14.3. The lowest BCUT2D eigenvalue weighted by Gasteiger charge is -2.07. The van der Waals surface area contributed by atoms with Gasteiger partial charge < -0.3 is 10.6 Å². The van der Waals surface area contributed by atoms with Crippen molar-refractivity contribution in [2.75, 3.05) is 11.9 Å². The second kappa shape index (κ2) is 9.18. The van der Waals surface area contributed by atoms with Crippen LogP contribution in [0.4, 0.5) is 5.69 Å². The van der Waals surface area contributed by atoms with Crippen LogP contribution in [0.5, 0.6) is 0 Å². The molecule has 0 heterocycles. The first kappa shape index (κ1) is 18.9. The van der Waals surface area contributed by atoms with Gasteiger partial charge in [0.2, 0.25) is 11.8 Å². The van der Waals surface area contributed by atoms with Crippen LogP contribution in [0, 0.1) is 0 Å². The van der Waals surface area contributed by atoms with Gasteiger partial charge in [-0.1, -0.05) is 50.2 Å². The van der Waals surface area contributed by atoms with Crippen molar-refractivity contribution in [3.05, 3.63) is 70.2 Å². The quantitative estimate of drug-likeness (QED) is 0.708. The van der Waals surface area contributed by atoms with Crippen LogP contribution in [-0.4, -0.2) is 18.4 Å². The molecule has 0 atom stereocenters. The van der Waals surface area contributed by atoms with E-state index in [9.17, 15) is 9.59 Å². The highest BCUT2D eigenvalue weighted by molar-refractivity contribution is 9.10. The maximum atomic E-state index is 11.9. The molecule has 2 aromatic rings. The Morgan fingerprint density at radius 3 is 2.40 bits per heavy atom. The van der Waals surface area contributed by atoms with Gasteiger partial charge in [-0.3, -0.25) is 9.59 Å². The van der Waals surface area contributed by atoms with Gasteiger partial charge in [0, 0.05) is 10.5 Å². The van der Waals surface area contributed by atoms with Crippen molar-refractivity contribution in [1.82, 2.24) is 5.32 Å². The van der Waals surface area contributed by atoms with Crippen LogP contribution >= 0.6 is 15.9 Å². The molecular formula is C20H21BrN2O2. The van der Waals surface area contributed by atoms with Crippen LogP contribution in [0.25, 0.3) is 6.08 Å². The number of hydrogen-bond acceptors (Lipinski definition) is 2. The summed E-state index contributed by atoms with van der Waals surface area (Å²) in [4.78, 5) is 23.7. The molecule has 0 aromatic heterocycles. The van der Waals surface area contributed by atoms with Crippen LogP contribution in [0.3, 0.4) is 0 Å². The maximum absolute atomic E-state index is 11.9. The lowest BCUT2D eigenvalue weighted by atomic mass is 10.0. The molecule has 0 saturated heterocycles. The standard InChI is InChI=1S/C20H21BrN2O2/c1-14(2)16-10-7-15(8-11-16)9-12-19(24)22-13-20(25)23-18-6-4-3-5-17(18)21/h3-12,14H,13H2,1-2H3,(H,22,24)(H,23,25)/b12-9+. The highest BCUT2D eigenvalue weighted by Gasteiger charge is 2.06. The van der Waals surface area contributed by atoms with Gasteiger partial charge in [-0.15, -0.1) is 0 Å². The molecule has 0 spiro atoms. The Balaban J connectivity index is 1.81. The molecule has 130 valence electrons. The van der Waals surface area contributed by atoms with Crippen LogP contribution < -0.4 is 10.6 Å². The minimum absolute atomic E-state index is 0.0865. The Kier molecular flexibility index (Phi) is 6.95. The molecule has 2 rings (SSSR count). The first-order valence-corrected chi connectivity index (χ1v) is 8.85. The fourth-order valence-electron chi connectivity index (χ4n) is 2.15. The van der Waals surface area contributed by atoms with E-state index in [1.165, 1.54) is 11.6 Å². The lowest BCUT2D eigenvalue weighted by Crippen LogP contribution is -2.31. The van der Waals surface area contributed by atoms with Crippen LogP contribution in [-0.2, 0) is 9.59 Å². The molecule has 2 aromatic carbocycles. The van der Waals surface area contributed by atoms with Crippen LogP contribution in [0.1, 0.15) is 30.9 Å². The number of anilines is 1. The maximum Gasteiger partial charge on any atom is 0.244 e. The second-order valence-electron chi connectivity index (χ2n) is 5.90. The number of halogens is 1. The Morgan fingerprint density at radius 1 is 1.08 bits per heavy atom. The molecule has 0 aliphatic heterocycles. The molecule has 0 aliphatic carbocycles. The predicted molar refractivity (Wildman–Crippen MR) is 105 cm³/mol. The van der Waals surface area contributed by atoms with E-state index in [1.54, 1.807) is 12.1 Å². The van der Waals surface area contributed by atoms with Gasteiger partial charge in [0.25, 0.3) is 0 Å². The molecule has 0 unspecified atom stereocenters. The molecule has 0 saturated carbocycles.